The van der Waals surface area contributed by atoms with E-state index in [1.165, 1.54) is 11.0 Å². The van der Waals surface area contributed by atoms with Crippen molar-refractivity contribution >= 4 is 17.5 Å². The van der Waals surface area contributed by atoms with Crippen molar-refractivity contribution in [2.45, 2.75) is 25.2 Å². The van der Waals surface area contributed by atoms with Gasteiger partial charge in [0.1, 0.15) is 18.0 Å². The number of halogens is 1. The molecule has 0 aliphatic carbocycles. The van der Waals surface area contributed by atoms with Gasteiger partial charge in [-0.15, -0.1) is 5.10 Å². The number of hydrogen-bond donors (Lipinski definition) is 2. The quantitative estimate of drug-likeness (QED) is 0.560. The molecule has 1 aromatic carbocycles. The number of pyridine rings is 1. The molecule has 1 unspecified atom stereocenters. The minimum absolute atomic E-state index is 0.0116. The maximum absolute atomic E-state index is 15.1. The number of aliphatic hydroxyl groups is 1. The maximum Gasteiger partial charge on any atom is 0.414 e. The zero-order valence-electron chi connectivity index (χ0n) is 17.5. The zero-order chi connectivity index (χ0) is 22.8. The highest BCUT2D eigenvalue weighted by Gasteiger charge is 2.33. The number of nitrogens with zero attached hydrogens (tertiary/aromatic N) is 5. The number of cyclic esters (lactones) is 1. The topological polar surface area (TPSA) is 115 Å². The minimum atomic E-state index is -0.535. The minimum Gasteiger partial charge on any atom is -0.442 e. The number of hydroxylamine groups is 1. The van der Waals surface area contributed by atoms with Crippen LogP contribution in [-0.4, -0.2) is 56.5 Å². The zero-order valence-corrected chi connectivity index (χ0v) is 17.5. The standard InChI is InChI=1S/C22H21FN6O4/c23-20-8-16(29-13-18(32-22(29)31)12-28-5-4-25-27-28)1-2-19(20)14-7-15(11-24-10-14)21-9-17(3-6-30)33-26-21/h1-2,4-5,7-11,17-18,26,30H,3,6,12-13H2/t17?,18-/m0/s1. The van der Waals surface area contributed by atoms with Crippen LogP contribution in [0.2, 0.25) is 0 Å². The van der Waals surface area contributed by atoms with Crippen molar-refractivity contribution in [3.8, 4) is 11.1 Å². The molecule has 0 saturated carbocycles. The lowest BCUT2D eigenvalue weighted by Gasteiger charge is -2.15. The molecule has 4 heterocycles. The number of amides is 1. The molecular formula is C22H21FN6O4. The number of aliphatic hydroxyl groups excluding tert-OH is 1. The van der Waals surface area contributed by atoms with Gasteiger partial charge >= 0.3 is 6.09 Å². The summed E-state index contributed by atoms with van der Waals surface area (Å²) in [5.74, 6) is -0.484. The molecule has 33 heavy (non-hydrogen) atoms. The molecule has 5 rings (SSSR count). The first-order valence-corrected chi connectivity index (χ1v) is 10.4. The van der Waals surface area contributed by atoms with Crippen LogP contribution in [0, 0.1) is 5.82 Å². The predicted octanol–water partition coefficient (Wildman–Crippen LogP) is 2.13. The summed E-state index contributed by atoms with van der Waals surface area (Å²) >= 11 is 0. The average molecular weight is 452 g/mol. The van der Waals surface area contributed by atoms with Crippen LogP contribution in [-0.2, 0) is 16.1 Å². The number of nitrogens with one attached hydrogen (secondary N) is 1. The molecule has 1 saturated heterocycles. The second-order valence-electron chi connectivity index (χ2n) is 7.72. The van der Waals surface area contributed by atoms with Gasteiger partial charge in [-0.2, -0.15) is 0 Å². The van der Waals surface area contributed by atoms with E-state index in [1.807, 2.05) is 6.08 Å². The number of anilines is 1. The van der Waals surface area contributed by atoms with Crippen molar-refractivity contribution in [1.82, 2.24) is 25.5 Å². The van der Waals surface area contributed by atoms with E-state index in [0.29, 0.717) is 35.5 Å². The number of aromatic nitrogens is 4. The van der Waals surface area contributed by atoms with Gasteiger partial charge in [-0.3, -0.25) is 20.2 Å². The SMILES string of the molecule is O=C1O[C@@H](Cn2ccnn2)CN1c1ccc(-c2cncc(C3=CC(CCO)ON3)c2)c(F)c1. The van der Waals surface area contributed by atoms with Gasteiger partial charge < -0.3 is 9.84 Å². The molecule has 1 amide bonds. The van der Waals surface area contributed by atoms with Gasteiger partial charge in [0.2, 0.25) is 0 Å². The highest BCUT2D eigenvalue weighted by Crippen LogP contribution is 2.30. The molecule has 0 spiro atoms. The number of carbonyl (C=O) groups is 1. The van der Waals surface area contributed by atoms with E-state index in [4.69, 9.17) is 14.7 Å². The first kappa shape index (κ1) is 21.0. The Labute approximate surface area is 188 Å². The van der Waals surface area contributed by atoms with Gasteiger partial charge in [0.25, 0.3) is 0 Å². The van der Waals surface area contributed by atoms with Crippen LogP contribution in [0.25, 0.3) is 16.8 Å². The molecule has 11 heteroatoms. The van der Waals surface area contributed by atoms with Crippen molar-refractivity contribution < 1.29 is 23.9 Å². The van der Waals surface area contributed by atoms with E-state index in [9.17, 15) is 4.79 Å². The number of carbonyl (C=O) groups excluding carboxylic acids is 1. The summed E-state index contributed by atoms with van der Waals surface area (Å²) in [5, 5.41) is 16.7. The fourth-order valence-corrected chi connectivity index (χ4v) is 3.82. The third-order valence-electron chi connectivity index (χ3n) is 5.45. The first-order chi connectivity index (χ1) is 16.1. The van der Waals surface area contributed by atoms with Crippen molar-refractivity contribution in [2.24, 2.45) is 0 Å². The van der Waals surface area contributed by atoms with Crippen LogP contribution in [0.15, 0.2) is 55.1 Å². The molecular weight excluding hydrogens is 431 g/mol. The number of hydrogen-bond acceptors (Lipinski definition) is 8. The van der Waals surface area contributed by atoms with Gasteiger partial charge in [0.15, 0.2) is 0 Å². The van der Waals surface area contributed by atoms with E-state index < -0.39 is 18.0 Å². The van der Waals surface area contributed by atoms with Crippen molar-refractivity contribution in [3.05, 3.63) is 66.5 Å². The lowest BCUT2D eigenvalue weighted by Crippen LogP contribution is -2.26. The van der Waals surface area contributed by atoms with Crippen LogP contribution in [0.4, 0.5) is 14.9 Å². The highest BCUT2D eigenvalue weighted by molar-refractivity contribution is 5.90. The molecule has 2 aromatic heterocycles. The average Bonchev–Trinajstić information content (AvgIpc) is 3.56. The van der Waals surface area contributed by atoms with Crippen molar-refractivity contribution in [3.63, 3.8) is 0 Å². The van der Waals surface area contributed by atoms with Crippen molar-refractivity contribution in [2.75, 3.05) is 18.1 Å². The second kappa shape index (κ2) is 8.96. The Kier molecular flexibility index (Phi) is 5.71. The van der Waals surface area contributed by atoms with E-state index in [-0.39, 0.29) is 19.3 Å². The smallest absolute Gasteiger partial charge is 0.414 e. The summed E-state index contributed by atoms with van der Waals surface area (Å²) in [4.78, 5) is 23.3. The van der Waals surface area contributed by atoms with Gasteiger partial charge in [-0.05, 0) is 30.3 Å². The van der Waals surface area contributed by atoms with E-state index in [0.717, 1.165) is 5.56 Å². The normalized spacial score (nSPS) is 20.0. The second-order valence-corrected chi connectivity index (χ2v) is 7.72. The number of ether oxygens (including phenoxy) is 1. The van der Waals surface area contributed by atoms with Gasteiger partial charge in [0.05, 0.1) is 30.7 Å². The van der Waals surface area contributed by atoms with E-state index in [2.05, 4.69) is 20.8 Å². The molecule has 0 radical (unpaired) electrons. The van der Waals surface area contributed by atoms with Gasteiger partial charge in [0, 0.05) is 48.3 Å². The lowest BCUT2D eigenvalue weighted by atomic mass is 10.0. The predicted molar refractivity (Wildman–Crippen MR) is 115 cm³/mol. The number of rotatable bonds is 7. The molecule has 1 fully saturated rings. The highest BCUT2D eigenvalue weighted by atomic mass is 19.1. The monoisotopic (exact) mass is 452 g/mol. The Morgan fingerprint density at radius 3 is 2.91 bits per heavy atom. The fraction of sp³-hybridized carbons (Fsp3) is 0.273. The van der Waals surface area contributed by atoms with Crippen LogP contribution in [0.5, 0.6) is 0 Å². The summed E-state index contributed by atoms with van der Waals surface area (Å²) in [6.07, 6.45) is 7.59. The molecule has 170 valence electrons. The van der Waals surface area contributed by atoms with Gasteiger partial charge in [-0.1, -0.05) is 5.21 Å². The number of benzene rings is 1. The summed E-state index contributed by atoms with van der Waals surface area (Å²) in [6.45, 7) is 0.662. The largest absolute Gasteiger partial charge is 0.442 e. The third kappa shape index (κ3) is 4.41. The van der Waals surface area contributed by atoms with E-state index in [1.54, 1.807) is 47.7 Å². The Hall–Kier alpha value is -3.83. The first-order valence-electron chi connectivity index (χ1n) is 10.4. The van der Waals surface area contributed by atoms with E-state index >= 15 is 4.39 Å². The molecule has 2 atom stereocenters. The summed E-state index contributed by atoms with van der Waals surface area (Å²) in [7, 11) is 0. The van der Waals surface area contributed by atoms with Crippen LogP contribution >= 0.6 is 0 Å². The Balaban J connectivity index is 1.33. The Morgan fingerprint density at radius 2 is 2.12 bits per heavy atom. The van der Waals surface area contributed by atoms with Crippen LogP contribution in [0.3, 0.4) is 0 Å². The van der Waals surface area contributed by atoms with Gasteiger partial charge in [-0.25, -0.2) is 13.9 Å². The van der Waals surface area contributed by atoms with Crippen LogP contribution < -0.4 is 10.4 Å². The van der Waals surface area contributed by atoms with Crippen LogP contribution in [0.1, 0.15) is 12.0 Å². The Morgan fingerprint density at radius 1 is 1.24 bits per heavy atom. The lowest BCUT2D eigenvalue weighted by molar-refractivity contribution is 0.0369. The molecule has 2 aliphatic heterocycles. The summed E-state index contributed by atoms with van der Waals surface area (Å²) in [6, 6.07) is 6.41. The summed E-state index contributed by atoms with van der Waals surface area (Å²) < 4.78 is 22.0. The Bertz CT molecular complexity index is 1190. The molecule has 10 nitrogen and oxygen atoms in total. The fourth-order valence-electron chi connectivity index (χ4n) is 3.82. The maximum atomic E-state index is 15.1. The molecule has 3 aromatic rings. The molecule has 0 bridgehead atoms. The molecule has 2 aliphatic rings. The van der Waals surface area contributed by atoms with Crippen molar-refractivity contribution in [1.29, 1.82) is 0 Å². The summed E-state index contributed by atoms with van der Waals surface area (Å²) in [5.41, 5.74) is 5.60. The molecule has 2 N–H and O–H groups in total. The third-order valence-corrected chi connectivity index (χ3v) is 5.45.